The largest absolute Gasteiger partial charge is 0.507 e. The van der Waals surface area contributed by atoms with E-state index in [4.69, 9.17) is 21.4 Å². The summed E-state index contributed by atoms with van der Waals surface area (Å²) in [5.41, 5.74) is 0.118. The van der Waals surface area contributed by atoms with Gasteiger partial charge in [-0.05, 0) is 18.2 Å². The fraction of sp³-hybridized carbons (Fsp3) is 0.417. The Balaban J connectivity index is 2.90. The van der Waals surface area contributed by atoms with Crippen molar-refractivity contribution >= 4 is 17.5 Å². The highest BCUT2D eigenvalue weighted by Gasteiger charge is 2.18. The van der Waals surface area contributed by atoms with Crippen LogP contribution in [0.3, 0.4) is 0 Å². The zero-order valence-electron chi connectivity index (χ0n) is 10.1. The molecule has 18 heavy (non-hydrogen) atoms. The van der Waals surface area contributed by atoms with E-state index in [1.807, 2.05) is 0 Å². The van der Waals surface area contributed by atoms with Crippen LogP contribution in [0.2, 0.25) is 5.02 Å². The molecule has 1 aromatic rings. The van der Waals surface area contributed by atoms with Crippen molar-refractivity contribution in [1.82, 2.24) is 4.90 Å². The molecule has 0 saturated heterocycles. The Morgan fingerprint density at radius 3 is 2.78 bits per heavy atom. The van der Waals surface area contributed by atoms with Crippen LogP contribution >= 0.6 is 11.6 Å². The number of ether oxygens (including phenoxy) is 1. The van der Waals surface area contributed by atoms with Gasteiger partial charge >= 0.3 is 0 Å². The fourth-order valence-electron chi connectivity index (χ4n) is 1.49. The molecule has 100 valence electrons. The first-order chi connectivity index (χ1) is 8.60. The third kappa shape index (κ3) is 3.87. The number of rotatable bonds is 6. The first-order valence-corrected chi connectivity index (χ1v) is 5.85. The lowest BCUT2D eigenvalue weighted by Gasteiger charge is -2.21. The molecule has 0 aliphatic heterocycles. The standard InChI is InChI=1S/C12H16ClNO4/c1-18-7-5-14(4-6-15)12(17)10-8-9(13)2-3-11(10)16/h2-3,8,15-16H,4-7H2,1H3. The van der Waals surface area contributed by atoms with Crippen molar-refractivity contribution in [2.24, 2.45) is 0 Å². The van der Waals surface area contributed by atoms with Gasteiger partial charge in [0.15, 0.2) is 0 Å². The Morgan fingerprint density at radius 1 is 1.44 bits per heavy atom. The molecule has 1 amide bonds. The highest BCUT2D eigenvalue weighted by molar-refractivity contribution is 6.31. The van der Waals surface area contributed by atoms with Crippen molar-refractivity contribution in [2.75, 3.05) is 33.4 Å². The number of carbonyl (C=O) groups is 1. The minimum Gasteiger partial charge on any atom is -0.507 e. The number of aliphatic hydroxyl groups excluding tert-OH is 1. The fourth-order valence-corrected chi connectivity index (χ4v) is 1.66. The topological polar surface area (TPSA) is 70.0 Å². The molecular formula is C12H16ClNO4. The molecule has 0 atom stereocenters. The van der Waals surface area contributed by atoms with Crippen LogP contribution in [0.5, 0.6) is 5.75 Å². The number of carbonyl (C=O) groups excluding carboxylic acids is 1. The summed E-state index contributed by atoms with van der Waals surface area (Å²) in [7, 11) is 1.53. The molecule has 0 fully saturated rings. The Hall–Kier alpha value is -1.30. The second-order valence-electron chi connectivity index (χ2n) is 3.67. The maximum absolute atomic E-state index is 12.2. The molecule has 2 N–H and O–H groups in total. The van der Waals surface area contributed by atoms with Gasteiger partial charge in [-0.15, -0.1) is 0 Å². The molecule has 1 aromatic carbocycles. The second-order valence-corrected chi connectivity index (χ2v) is 4.11. The number of amides is 1. The molecule has 6 heteroatoms. The van der Waals surface area contributed by atoms with Crippen molar-refractivity contribution < 1.29 is 19.7 Å². The number of hydrogen-bond acceptors (Lipinski definition) is 4. The van der Waals surface area contributed by atoms with E-state index in [1.165, 1.54) is 30.2 Å². The van der Waals surface area contributed by atoms with E-state index in [0.717, 1.165) is 0 Å². The van der Waals surface area contributed by atoms with Gasteiger partial charge in [-0.2, -0.15) is 0 Å². The number of nitrogens with zero attached hydrogens (tertiary/aromatic N) is 1. The lowest BCUT2D eigenvalue weighted by Crippen LogP contribution is -2.36. The van der Waals surface area contributed by atoms with Crippen molar-refractivity contribution in [1.29, 1.82) is 0 Å². The summed E-state index contributed by atoms with van der Waals surface area (Å²) < 4.78 is 4.89. The molecule has 0 aliphatic carbocycles. The lowest BCUT2D eigenvalue weighted by atomic mass is 10.1. The Morgan fingerprint density at radius 2 is 2.17 bits per heavy atom. The molecule has 1 rings (SSSR count). The van der Waals surface area contributed by atoms with Crippen molar-refractivity contribution in [3.8, 4) is 5.75 Å². The number of hydrogen-bond donors (Lipinski definition) is 2. The summed E-state index contributed by atoms with van der Waals surface area (Å²) in [5, 5.41) is 18.9. The van der Waals surface area contributed by atoms with E-state index in [9.17, 15) is 9.90 Å². The molecule has 0 bridgehead atoms. The molecule has 0 radical (unpaired) electrons. The summed E-state index contributed by atoms with van der Waals surface area (Å²) in [6, 6.07) is 4.26. The van der Waals surface area contributed by atoms with Crippen molar-refractivity contribution in [3.63, 3.8) is 0 Å². The third-order valence-electron chi connectivity index (χ3n) is 2.41. The van der Waals surface area contributed by atoms with Crippen molar-refractivity contribution in [3.05, 3.63) is 28.8 Å². The van der Waals surface area contributed by atoms with Gasteiger partial charge in [0.1, 0.15) is 5.75 Å². The van der Waals surface area contributed by atoms with Gasteiger partial charge in [0.25, 0.3) is 5.91 Å². The number of halogens is 1. The van der Waals surface area contributed by atoms with Gasteiger partial charge in [-0.3, -0.25) is 4.79 Å². The van der Waals surface area contributed by atoms with E-state index in [-0.39, 0.29) is 30.4 Å². The molecule has 5 nitrogen and oxygen atoms in total. The minimum atomic E-state index is -0.388. The van der Waals surface area contributed by atoms with Crippen LogP contribution in [0.15, 0.2) is 18.2 Å². The molecule has 0 unspecified atom stereocenters. The average molecular weight is 274 g/mol. The van der Waals surface area contributed by atoms with E-state index in [1.54, 1.807) is 0 Å². The summed E-state index contributed by atoms with van der Waals surface area (Å²) >= 11 is 5.79. The zero-order valence-corrected chi connectivity index (χ0v) is 10.9. The van der Waals surface area contributed by atoms with Crippen LogP contribution in [0, 0.1) is 0 Å². The Bertz CT molecular complexity index is 411. The number of methoxy groups -OCH3 is 1. The van der Waals surface area contributed by atoms with Gasteiger partial charge < -0.3 is 19.8 Å². The van der Waals surface area contributed by atoms with E-state index in [2.05, 4.69) is 0 Å². The van der Waals surface area contributed by atoms with E-state index >= 15 is 0 Å². The highest BCUT2D eigenvalue weighted by Crippen LogP contribution is 2.22. The summed E-state index contributed by atoms with van der Waals surface area (Å²) in [6.45, 7) is 0.708. The van der Waals surface area contributed by atoms with Crippen LogP contribution in [0.4, 0.5) is 0 Å². The first-order valence-electron chi connectivity index (χ1n) is 5.47. The van der Waals surface area contributed by atoms with Crippen LogP contribution in [-0.2, 0) is 4.74 Å². The number of benzene rings is 1. The molecule has 0 aromatic heterocycles. The van der Waals surface area contributed by atoms with E-state index in [0.29, 0.717) is 18.2 Å². The van der Waals surface area contributed by atoms with Crippen LogP contribution in [-0.4, -0.2) is 54.4 Å². The first kappa shape index (κ1) is 14.8. The summed E-state index contributed by atoms with van der Waals surface area (Å²) in [5.74, 6) is -0.522. The van der Waals surface area contributed by atoms with Gasteiger partial charge in [0, 0.05) is 25.2 Å². The predicted molar refractivity (Wildman–Crippen MR) is 68.0 cm³/mol. The molecule has 0 heterocycles. The maximum atomic E-state index is 12.2. The smallest absolute Gasteiger partial charge is 0.257 e. The van der Waals surface area contributed by atoms with E-state index < -0.39 is 0 Å². The van der Waals surface area contributed by atoms with Crippen molar-refractivity contribution in [2.45, 2.75) is 0 Å². The van der Waals surface area contributed by atoms with Gasteiger partial charge in [-0.1, -0.05) is 11.6 Å². The number of phenolic OH excluding ortho intramolecular Hbond substituents is 1. The Kier molecular flexibility index (Phi) is 5.91. The quantitative estimate of drug-likeness (QED) is 0.815. The third-order valence-corrected chi connectivity index (χ3v) is 2.65. The SMILES string of the molecule is COCCN(CCO)C(=O)c1cc(Cl)ccc1O. The lowest BCUT2D eigenvalue weighted by molar-refractivity contribution is 0.0653. The Labute approximate surface area is 111 Å². The average Bonchev–Trinajstić information content (AvgIpc) is 2.36. The van der Waals surface area contributed by atoms with Gasteiger partial charge in [0.05, 0.1) is 18.8 Å². The number of aromatic hydroxyl groups is 1. The normalized spacial score (nSPS) is 10.4. The van der Waals surface area contributed by atoms with Crippen LogP contribution < -0.4 is 0 Å². The van der Waals surface area contributed by atoms with Gasteiger partial charge in [-0.25, -0.2) is 0 Å². The predicted octanol–water partition coefficient (Wildman–Crippen LogP) is 1.13. The highest BCUT2D eigenvalue weighted by atomic mass is 35.5. The number of aliphatic hydroxyl groups is 1. The zero-order chi connectivity index (χ0) is 13.5. The molecule has 0 saturated carbocycles. The second kappa shape index (κ2) is 7.20. The summed E-state index contributed by atoms with van der Waals surface area (Å²) in [4.78, 5) is 13.6. The molecule has 0 spiro atoms. The minimum absolute atomic E-state index is 0.118. The maximum Gasteiger partial charge on any atom is 0.257 e. The number of phenols is 1. The monoisotopic (exact) mass is 273 g/mol. The van der Waals surface area contributed by atoms with Gasteiger partial charge in [0.2, 0.25) is 0 Å². The molecule has 0 aliphatic rings. The summed E-state index contributed by atoms with van der Waals surface area (Å²) in [6.07, 6.45) is 0. The van der Waals surface area contributed by atoms with Crippen LogP contribution in [0.1, 0.15) is 10.4 Å². The van der Waals surface area contributed by atoms with Crippen LogP contribution in [0.25, 0.3) is 0 Å². The molecular weight excluding hydrogens is 258 g/mol.